The van der Waals surface area contributed by atoms with Crippen molar-refractivity contribution < 1.29 is 4.39 Å². The van der Waals surface area contributed by atoms with Crippen LogP contribution in [-0.2, 0) is 6.54 Å². The molecule has 1 nitrogen and oxygen atoms in total. The first-order valence-corrected chi connectivity index (χ1v) is 7.60. The molecule has 0 spiro atoms. The lowest BCUT2D eigenvalue weighted by atomic mass is 10.1. The second kappa shape index (κ2) is 6.67. The van der Waals surface area contributed by atoms with E-state index < -0.39 is 0 Å². The molecule has 0 amide bonds. The first-order chi connectivity index (χ1) is 8.66. The number of hydrogen-bond acceptors (Lipinski definition) is 1. The van der Waals surface area contributed by atoms with Crippen LogP contribution in [0.2, 0.25) is 0 Å². The molecule has 0 aliphatic heterocycles. The van der Waals surface area contributed by atoms with Crippen molar-refractivity contribution in [2.75, 3.05) is 7.05 Å². The lowest BCUT2D eigenvalue weighted by Gasteiger charge is -2.27. The standard InChI is InChI=1S/C15H21BrFN/c1-18(14-6-4-2-3-5-7-14)11-12-8-9-13(16)10-15(12)17/h8-10,14H,2-7,11H2,1H3. The van der Waals surface area contributed by atoms with E-state index in [0.717, 1.165) is 10.0 Å². The van der Waals surface area contributed by atoms with Crippen molar-refractivity contribution in [1.82, 2.24) is 4.90 Å². The molecule has 1 aliphatic rings. The summed E-state index contributed by atoms with van der Waals surface area (Å²) in [5, 5.41) is 0. The molecule has 0 radical (unpaired) electrons. The smallest absolute Gasteiger partial charge is 0.128 e. The molecule has 0 heterocycles. The Kier molecular flexibility index (Phi) is 5.19. The van der Waals surface area contributed by atoms with Gasteiger partial charge >= 0.3 is 0 Å². The average Bonchev–Trinajstić information content (AvgIpc) is 2.61. The summed E-state index contributed by atoms with van der Waals surface area (Å²) in [5.74, 6) is -0.107. The topological polar surface area (TPSA) is 3.24 Å². The van der Waals surface area contributed by atoms with Crippen LogP contribution in [-0.4, -0.2) is 18.0 Å². The van der Waals surface area contributed by atoms with E-state index in [4.69, 9.17) is 0 Å². The SMILES string of the molecule is CN(Cc1ccc(Br)cc1F)C1CCCCCC1. The molecule has 1 saturated carbocycles. The zero-order valence-electron chi connectivity index (χ0n) is 11.0. The van der Waals surface area contributed by atoms with Gasteiger partial charge in [-0.15, -0.1) is 0 Å². The van der Waals surface area contributed by atoms with Gasteiger partial charge in [0.1, 0.15) is 5.82 Å². The number of rotatable bonds is 3. The lowest BCUT2D eigenvalue weighted by molar-refractivity contribution is 0.210. The van der Waals surface area contributed by atoms with Crippen molar-refractivity contribution in [1.29, 1.82) is 0 Å². The van der Waals surface area contributed by atoms with Crippen molar-refractivity contribution in [3.05, 3.63) is 34.1 Å². The Morgan fingerprint density at radius 2 is 1.89 bits per heavy atom. The van der Waals surface area contributed by atoms with E-state index in [2.05, 4.69) is 27.9 Å². The van der Waals surface area contributed by atoms with Crippen LogP contribution in [0.1, 0.15) is 44.1 Å². The van der Waals surface area contributed by atoms with Gasteiger partial charge < -0.3 is 0 Å². The minimum atomic E-state index is -0.107. The Hall–Kier alpha value is -0.410. The normalized spacial score (nSPS) is 18.0. The van der Waals surface area contributed by atoms with Gasteiger partial charge in [-0.3, -0.25) is 4.90 Å². The highest BCUT2D eigenvalue weighted by molar-refractivity contribution is 9.10. The van der Waals surface area contributed by atoms with Gasteiger partial charge in [0.15, 0.2) is 0 Å². The van der Waals surface area contributed by atoms with E-state index in [-0.39, 0.29) is 5.82 Å². The van der Waals surface area contributed by atoms with Gasteiger partial charge in [0, 0.05) is 22.6 Å². The molecule has 2 rings (SSSR count). The third-order valence-electron chi connectivity index (χ3n) is 3.88. The van der Waals surface area contributed by atoms with E-state index in [1.165, 1.54) is 38.5 Å². The predicted octanol–water partition coefficient (Wildman–Crippen LogP) is 4.74. The molecule has 3 heteroatoms. The molecule has 18 heavy (non-hydrogen) atoms. The highest BCUT2D eigenvalue weighted by atomic mass is 79.9. The minimum Gasteiger partial charge on any atom is -0.299 e. The summed E-state index contributed by atoms with van der Waals surface area (Å²) < 4.78 is 14.6. The molecule has 1 aromatic carbocycles. The molecule has 100 valence electrons. The lowest BCUT2D eigenvalue weighted by Crippen LogP contribution is -2.31. The molecule has 1 fully saturated rings. The first kappa shape index (κ1) is 14.0. The van der Waals surface area contributed by atoms with Gasteiger partial charge in [-0.25, -0.2) is 4.39 Å². The third-order valence-corrected chi connectivity index (χ3v) is 4.38. The summed E-state index contributed by atoms with van der Waals surface area (Å²) in [6.07, 6.45) is 7.87. The van der Waals surface area contributed by atoms with Crippen molar-refractivity contribution in [3.8, 4) is 0 Å². The number of hydrogen-bond donors (Lipinski definition) is 0. The van der Waals surface area contributed by atoms with Crippen molar-refractivity contribution >= 4 is 15.9 Å². The van der Waals surface area contributed by atoms with Crippen LogP contribution in [0.4, 0.5) is 4.39 Å². The summed E-state index contributed by atoms with van der Waals surface area (Å²) in [5.41, 5.74) is 0.796. The van der Waals surface area contributed by atoms with E-state index >= 15 is 0 Å². The van der Waals surface area contributed by atoms with Gasteiger partial charge in [-0.1, -0.05) is 47.7 Å². The maximum atomic E-state index is 13.8. The highest BCUT2D eigenvalue weighted by Crippen LogP contribution is 2.23. The molecule has 1 aromatic rings. The maximum Gasteiger partial charge on any atom is 0.128 e. The van der Waals surface area contributed by atoms with Gasteiger partial charge in [0.25, 0.3) is 0 Å². The maximum absolute atomic E-state index is 13.8. The fourth-order valence-electron chi connectivity index (χ4n) is 2.75. The van der Waals surface area contributed by atoms with E-state index in [9.17, 15) is 4.39 Å². The monoisotopic (exact) mass is 313 g/mol. The Morgan fingerprint density at radius 3 is 2.50 bits per heavy atom. The zero-order chi connectivity index (χ0) is 13.0. The molecule has 1 aliphatic carbocycles. The minimum absolute atomic E-state index is 0.107. The third kappa shape index (κ3) is 3.79. The first-order valence-electron chi connectivity index (χ1n) is 6.81. The van der Waals surface area contributed by atoms with Gasteiger partial charge in [0.2, 0.25) is 0 Å². The summed E-state index contributed by atoms with van der Waals surface area (Å²) in [4.78, 5) is 2.32. The van der Waals surface area contributed by atoms with Crippen molar-refractivity contribution in [2.24, 2.45) is 0 Å². The molecule has 0 aromatic heterocycles. The van der Waals surface area contributed by atoms with Crippen LogP contribution in [0.25, 0.3) is 0 Å². The average molecular weight is 314 g/mol. The molecule has 0 N–H and O–H groups in total. The van der Waals surface area contributed by atoms with Crippen LogP contribution in [0.15, 0.2) is 22.7 Å². The largest absolute Gasteiger partial charge is 0.299 e. The van der Waals surface area contributed by atoms with E-state index in [1.807, 2.05) is 12.1 Å². The van der Waals surface area contributed by atoms with Gasteiger partial charge in [0.05, 0.1) is 0 Å². The van der Waals surface area contributed by atoms with Crippen molar-refractivity contribution in [2.45, 2.75) is 51.1 Å². The molecular formula is C15H21BrFN. The summed E-state index contributed by atoms with van der Waals surface area (Å²) in [6.45, 7) is 0.712. The molecule has 0 unspecified atom stereocenters. The van der Waals surface area contributed by atoms with E-state index in [1.54, 1.807) is 6.07 Å². The summed E-state index contributed by atoms with van der Waals surface area (Å²) >= 11 is 3.30. The predicted molar refractivity (Wildman–Crippen MR) is 77.1 cm³/mol. The Balaban J connectivity index is 1.98. The number of halogens is 2. The van der Waals surface area contributed by atoms with Gasteiger partial charge in [-0.05, 0) is 32.0 Å². The van der Waals surface area contributed by atoms with E-state index in [0.29, 0.717) is 12.6 Å². The second-order valence-corrected chi connectivity index (χ2v) is 6.21. The van der Waals surface area contributed by atoms with Gasteiger partial charge in [-0.2, -0.15) is 0 Å². The molecule has 0 atom stereocenters. The fourth-order valence-corrected chi connectivity index (χ4v) is 3.08. The Labute approximate surface area is 118 Å². The second-order valence-electron chi connectivity index (χ2n) is 5.30. The quantitative estimate of drug-likeness (QED) is 0.728. The molecular weight excluding hydrogens is 293 g/mol. The molecule has 0 saturated heterocycles. The fraction of sp³-hybridized carbons (Fsp3) is 0.600. The van der Waals surface area contributed by atoms with Crippen LogP contribution in [0.3, 0.4) is 0 Å². The Bertz CT molecular complexity index is 386. The summed E-state index contributed by atoms with van der Waals surface area (Å²) in [6, 6.07) is 5.97. The summed E-state index contributed by atoms with van der Waals surface area (Å²) in [7, 11) is 2.12. The number of benzene rings is 1. The van der Waals surface area contributed by atoms with Crippen LogP contribution in [0, 0.1) is 5.82 Å². The Morgan fingerprint density at radius 1 is 1.22 bits per heavy atom. The van der Waals surface area contributed by atoms with Crippen LogP contribution < -0.4 is 0 Å². The van der Waals surface area contributed by atoms with Crippen LogP contribution >= 0.6 is 15.9 Å². The number of nitrogens with zero attached hydrogens (tertiary/aromatic N) is 1. The van der Waals surface area contributed by atoms with Crippen LogP contribution in [0.5, 0.6) is 0 Å². The van der Waals surface area contributed by atoms with Crippen molar-refractivity contribution in [3.63, 3.8) is 0 Å². The highest BCUT2D eigenvalue weighted by Gasteiger charge is 2.17. The molecule has 0 bridgehead atoms. The zero-order valence-corrected chi connectivity index (χ0v) is 12.5.